The summed E-state index contributed by atoms with van der Waals surface area (Å²) in [7, 11) is 1.43. The first-order valence-corrected chi connectivity index (χ1v) is 6.83. The standard InChI is InChI=1S/C14H14FNO3S/c1-7-11-9(15)5-4-6-10(11)20-12(7)13(17)16(3)8(2)14(18)19/h4-6,8H,1-3H3,(H,18,19). The Kier molecular flexibility index (Phi) is 3.76. The smallest absolute Gasteiger partial charge is 0.326 e. The number of rotatable bonds is 3. The number of likely N-dealkylation sites (N-methyl/N-ethyl adjacent to an activating group) is 1. The molecule has 0 bridgehead atoms. The van der Waals surface area contributed by atoms with E-state index in [2.05, 4.69) is 0 Å². The van der Waals surface area contributed by atoms with Gasteiger partial charge in [0.05, 0.1) is 4.88 Å². The second kappa shape index (κ2) is 5.20. The Hall–Kier alpha value is -1.95. The zero-order valence-electron chi connectivity index (χ0n) is 11.3. The Bertz CT molecular complexity index is 695. The predicted molar refractivity (Wildman–Crippen MR) is 75.7 cm³/mol. The SMILES string of the molecule is Cc1c(C(=O)N(C)C(C)C(=O)O)sc2cccc(F)c12. The summed E-state index contributed by atoms with van der Waals surface area (Å²) in [6, 6.07) is 3.75. The third-order valence-corrected chi connectivity index (χ3v) is 4.60. The van der Waals surface area contributed by atoms with Crippen molar-refractivity contribution in [1.82, 2.24) is 4.90 Å². The number of hydrogen-bond acceptors (Lipinski definition) is 3. The van der Waals surface area contributed by atoms with Crippen LogP contribution in [0.5, 0.6) is 0 Å². The molecule has 0 spiro atoms. The van der Waals surface area contributed by atoms with Gasteiger partial charge < -0.3 is 10.0 Å². The van der Waals surface area contributed by atoms with Crippen molar-refractivity contribution in [2.45, 2.75) is 19.9 Å². The molecule has 2 aromatic rings. The first-order valence-electron chi connectivity index (χ1n) is 6.02. The molecule has 1 atom stereocenters. The van der Waals surface area contributed by atoms with Gasteiger partial charge in [0.2, 0.25) is 0 Å². The van der Waals surface area contributed by atoms with Crippen molar-refractivity contribution in [3.63, 3.8) is 0 Å². The molecule has 0 radical (unpaired) electrons. The van der Waals surface area contributed by atoms with E-state index in [1.54, 1.807) is 19.1 Å². The number of fused-ring (bicyclic) bond motifs is 1. The summed E-state index contributed by atoms with van der Waals surface area (Å²) in [5.74, 6) is -1.85. The highest BCUT2D eigenvalue weighted by atomic mass is 32.1. The van der Waals surface area contributed by atoms with Crippen LogP contribution in [0.3, 0.4) is 0 Å². The van der Waals surface area contributed by atoms with Gasteiger partial charge in [-0.25, -0.2) is 9.18 Å². The summed E-state index contributed by atoms with van der Waals surface area (Å²) >= 11 is 1.18. The number of carboxylic acid groups (broad SMARTS) is 1. The Morgan fingerprint density at radius 1 is 1.40 bits per heavy atom. The van der Waals surface area contributed by atoms with E-state index in [9.17, 15) is 14.0 Å². The lowest BCUT2D eigenvalue weighted by molar-refractivity contribution is -0.141. The highest BCUT2D eigenvalue weighted by molar-refractivity contribution is 7.21. The van der Waals surface area contributed by atoms with Gasteiger partial charge in [-0.1, -0.05) is 6.07 Å². The van der Waals surface area contributed by atoms with Crippen LogP contribution in [0.25, 0.3) is 10.1 Å². The van der Waals surface area contributed by atoms with E-state index in [-0.39, 0.29) is 5.82 Å². The molecule has 1 unspecified atom stereocenters. The first-order chi connectivity index (χ1) is 9.34. The number of benzene rings is 1. The van der Waals surface area contributed by atoms with E-state index < -0.39 is 17.9 Å². The summed E-state index contributed by atoms with van der Waals surface area (Å²) in [4.78, 5) is 24.8. The number of hydrogen-bond donors (Lipinski definition) is 1. The molecule has 0 fully saturated rings. The molecule has 2 rings (SSSR count). The second-order valence-corrected chi connectivity index (χ2v) is 5.65. The molecular weight excluding hydrogens is 281 g/mol. The zero-order valence-corrected chi connectivity index (χ0v) is 12.1. The Morgan fingerprint density at radius 2 is 2.05 bits per heavy atom. The van der Waals surface area contributed by atoms with Gasteiger partial charge in [0, 0.05) is 17.1 Å². The summed E-state index contributed by atoms with van der Waals surface area (Å²) in [5, 5.41) is 9.38. The van der Waals surface area contributed by atoms with Crippen LogP contribution in [0, 0.1) is 12.7 Å². The molecule has 20 heavy (non-hydrogen) atoms. The fourth-order valence-corrected chi connectivity index (χ4v) is 3.16. The molecule has 1 heterocycles. The molecule has 6 heteroatoms. The maximum Gasteiger partial charge on any atom is 0.326 e. The first kappa shape index (κ1) is 14.5. The second-order valence-electron chi connectivity index (χ2n) is 4.60. The van der Waals surface area contributed by atoms with E-state index in [1.165, 1.54) is 31.4 Å². The van der Waals surface area contributed by atoms with Gasteiger partial charge in [-0.05, 0) is 31.5 Å². The number of amides is 1. The summed E-state index contributed by atoms with van der Waals surface area (Å²) in [6.07, 6.45) is 0. The number of carboxylic acids is 1. The molecule has 106 valence electrons. The lowest BCUT2D eigenvalue weighted by atomic mass is 10.1. The summed E-state index contributed by atoms with van der Waals surface area (Å²) < 4.78 is 14.5. The van der Waals surface area contributed by atoms with Gasteiger partial charge in [-0.2, -0.15) is 0 Å². The number of carbonyl (C=O) groups is 2. The van der Waals surface area contributed by atoms with Gasteiger partial charge in [0.15, 0.2) is 0 Å². The molecule has 1 N–H and O–H groups in total. The number of halogens is 1. The summed E-state index contributed by atoms with van der Waals surface area (Å²) in [5.41, 5.74) is 0.553. The minimum absolute atomic E-state index is 0.371. The average Bonchev–Trinajstić information content (AvgIpc) is 2.74. The minimum Gasteiger partial charge on any atom is -0.480 e. The fraction of sp³-hybridized carbons (Fsp3) is 0.286. The highest BCUT2D eigenvalue weighted by Gasteiger charge is 2.26. The third-order valence-electron chi connectivity index (χ3n) is 3.36. The highest BCUT2D eigenvalue weighted by Crippen LogP contribution is 2.33. The Balaban J connectivity index is 2.48. The lowest BCUT2D eigenvalue weighted by Gasteiger charge is -2.21. The monoisotopic (exact) mass is 295 g/mol. The van der Waals surface area contributed by atoms with Crippen LogP contribution in [0.4, 0.5) is 4.39 Å². The van der Waals surface area contributed by atoms with E-state index >= 15 is 0 Å². The van der Waals surface area contributed by atoms with Crippen molar-refractivity contribution in [2.75, 3.05) is 7.05 Å². The lowest BCUT2D eigenvalue weighted by Crippen LogP contribution is -2.40. The molecule has 1 aromatic heterocycles. The van der Waals surface area contributed by atoms with Gasteiger partial charge in [-0.15, -0.1) is 11.3 Å². The summed E-state index contributed by atoms with van der Waals surface area (Å²) in [6.45, 7) is 3.11. The molecule has 0 aliphatic heterocycles. The van der Waals surface area contributed by atoms with Gasteiger partial charge in [0.25, 0.3) is 5.91 Å². The quantitative estimate of drug-likeness (QED) is 0.947. The largest absolute Gasteiger partial charge is 0.480 e. The maximum atomic E-state index is 13.8. The minimum atomic E-state index is -1.08. The number of carbonyl (C=O) groups excluding carboxylic acids is 1. The number of aliphatic carboxylic acids is 1. The number of nitrogens with zero attached hydrogens (tertiary/aromatic N) is 1. The molecular formula is C14H14FNO3S. The third kappa shape index (κ3) is 2.27. The Morgan fingerprint density at radius 3 is 2.60 bits per heavy atom. The average molecular weight is 295 g/mol. The van der Waals surface area contributed by atoms with Crippen molar-refractivity contribution < 1.29 is 19.1 Å². The molecule has 0 saturated carbocycles. The fourth-order valence-electron chi connectivity index (χ4n) is 1.96. The van der Waals surface area contributed by atoms with Crippen molar-refractivity contribution in [2.24, 2.45) is 0 Å². The predicted octanol–water partition coefficient (Wildman–Crippen LogP) is 2.89. The van der Waals surface area contributed by atoms with E-state index in [4.69, 9.17) is 5.11 Å². The number of thiophene rings is 1. The van der Waals surface area contributed by atoms with Crippen molar-refractivity contribution in [1.29, 1.82) is 0 Å². The van der Waals surface area contributed by atoms with Gasteiger partial charge in [0.1, 0.15) is 11.9 Å². The van der Waals surface area contributed by atoms with Crippen LogP contribution in [0.15, 0.2) is 18.2 Å². The van der Waals surface area contributed by atoms with Gasteiger partial charge in [-0.3, -0.25) is 4.79 Å². The zero-order chi connectivity index (χ0) is 15.0. The van der Waals surface area contributed by atoms with E-state index in [1.807, 2.05) is 0 Å². The molecule has 0 aliphatic rings. The number of aryl methyl sites for hydroxylation is 1. The molecule has 1 aromatic carbocycles. The Labute approximate surface area is 119 Å². The van der Waals surface area contributed by atoms with E-state index in [0.717, 1.165) is 4.90 Å². The van der Waals surface area contributed by atoms with Crippen LogP contribution < -0.4 is 0 Å². The van der Waals surface area contributed by atoms with Crippen LogP contribution in [-0.2, 0) is 4.79 Å². The van der Waals surface area contributed by atoms with Crippen LogP contribution in [0.1, 0.15) is 22.2 Å². The van der Waals surface area contributed by atoms with E-state index in [0.29, 0.717) is 20.5 Å². The van der Waals surface area contributed by atoms with Crippen molar-refractivity contribution >= 4 is 33.3 Å². The van der Waals surface area contributed by atoms with Crippen molar-refractivity contribution in [3.05, 3.63) is 34.5 Å². The molecule has 1 amide bonds. The maximum absolute atomic E-state index is 13.8. The van der Waals surface area contributed by atoms with Crippen LogP contribution >= 0.6 is 11.3 Å². The molecule has 4 nitrogen and oxygen atoms in total. The molecule has 0 aliphatic carbocycles. The normalized spacial score (nSPS) is 12.4. The van der Waals surface area contributed by atoms with Crippen LogP contribution in [-0.4, -0.2) is 35.0 Å². The topological polar surface area (TPSA) is 57.6 Å². The molecule has 0 saturated heterocycles. The van der Waals surface area contributed by atoms with Crippen LogP contribution in [0.2, 0.25) is 0 Å². The van der Waals surface area contributed by atoms with Gasteiger partial charge >= 0.3 is 5.97 Å². The van der Waals surface area contributed by atoms with Crippen molar-refractivity contribution in [3.8, 4) is 0 Å².